The lowest BCUT2D eigenvalue weighted by molar-refractivity contribution is -0.161. The average Bonchev–Trinajstić information content (AvgIpc) is 3.14. The first kappa shape index (κ1) is 24.7. The van der Waals surface area contributed by atoms with Gasteiger partial charge in [-0.05, 0) is 38.3 Å². The zero-order chi connectivity index (χ0) is 24.1. The second-order valence-electron chi connectivity index (χ2n) is 8.54. The van der Waals surface area contributed by atoms with Crippen LogP contribution in [0.1, 0.15) is 53.9 Å². The Morgan fingerprint density at radius 1 is 1.15 bits per heavy atom. The van der Waals surface area contributed by atoms with Crippen LogP contribution < -0.4 is 5.32 Å². The van der Waals surface area contributed by atoms with E-state index in [1.807, 2.05) is 49.5 Å². The van der Waals surface area contributed by atoms with E-state index in [-0.39, 0.29) is 12.0 Å². The monoisotopic (exact) mass is 529 g/mol. The van der Waals surface area contributed by atoms with Crippen LogP contribution in [0.5, 0.6) is 0 Å². The van der Waals surface area contributed by atoms with Gasteiger partial charge in [0.1, 0.15) is 6.10 Å². The molecule has 4 rings (SSSR count). The maximum Gasteiger partial charge on any atom is 0.306 e. The molecule has 0 fully saturated rings. The van der Waals surface area contributed by atoms with Crippen LogP contribution >= 0.6 is 15.9 Å². The summed E-state index contributed by atoms with van der Waals surface area (Å²) in [6, 6.07) is 11.8. The number of methoxy groups -OCH3 is 1. The molecule has 8 heteroatoms. The summed E-state index contributed by atoms with van der Waals surface area (Å²) in [5.41, 5.74) is 5.77. The fraction of sp³-hybridized carbons (Fsp3) is 0.462. The average molecular weight is 530 g/mol. The van der Waals surface area contributed by atoms with Gasteiger partial charge in [0.15, 0.2) is 11.8 Å². The number of unbranched alkanes of at least 4 members (excludes halogenated alkanes) is 1. The minimum atomic E-state index is -0.539. The van der Waals surface area contributed by atoms with Gasteiger partial charge in [-0.2, -0.15) is 0 Å². The fourth-order valence-electron chi connectivity index (χ4n) is 4.41. The number of alkyl halides is 1. The van der Waals surface area contributed by atoms with E-state index < -0.39 is 12.2 Å². The van der Waals surface area contributed by atoms with E-state index in [0.29, 0.717) is 19.6 Å². The maximum absolute atomic E-state index is 12.8. The van der Waals surface area contributed by atoms with E-state index in [2.05, 4.69) is 32.6 Å². The first-order valence-electron chi connectivity index (χ1n) is 11.7. The van der Waals surface area contributed by atoms with Crippen molar-refractivity contribution in [2.75, 3.05) is 31.0 Å². The van der Waals surface area contributed by atoms with Gasteiger partial charge in [-0.15, -0.1) is 0 Å². The molecule has 0 saturated carbocycles. The van der Waals surface area contributed by atoms with Crippen molar-refractivity contribution < 1.29 is 19.0 Å². The van der Waals surface area contributed by atoms with Crippen LogP contribution in [0.15, 0.2) is 42.6 Å². The minimum absolute atomic E-state index is 0.217. The number of rotatable bonds is 10. The summed E-state index contributed by atoms with van der Waals surface area (Å²) < 4.78 is 19.8. The zero-order valence-electron chi connectivity index (χ0n) is 19.9. The van der Waals surface area contributed by atoms with E-state index in [0.717, 1.165) is 52.0 Å². The summed E-state index contributed by atoms with van der Waals surface area (Å²) >= 11 is 3.43. The molecule has 2 aromatic heterocycles. The second kappa shape index (κ2) is 11.3. The third kappa shape index (κ3) is 5.14. The molecule has 34 heavy (non-hydrogen) atoms. The van der Waals surface area contributed by atoms with Gasteiger partial charge in [0, 0.05) is 36.3 Å². The predicted octanol–water partition coefficient (Wildman–Crippen LogP) is 5.30. The van der Waals surface area contributed by atoms with E-state index in [1.54, 1.807) is 7.11 Å². The Hall–Kier alpha value is -2.42. The summed E-state index contributed by atoms with van der Waals surface area (Å²) in [7, 11) is 1.65. The normalized spacial score (nSPS) is 19.6. The molecule has 3 atom stereocenters. The Morgan fingerprint density at radius 3 is 2.68 bits per heavy atom. The van der Waals surface area contributed by atoms with Crippen molar-refractivity contribution in [3.8, 4) is 0 Å². The molecule has 1 aliphatic rings. The molecular formula is C26H32BrN3O4. The van der Waals surface area contributed by atoms with Gasteiger partial charge in [0.2, 0.25) is 0 Å². The molecule has 182 valence electrons. The number of halogens is 1. The number of aromatic nitrogens is 2. The highest BCUT2D eigenvalue weighted by Gasteiger charge is 2.42. The number of nitrogens with zero attached hydrogens (tertiary/aromatic N) is 2. The van der Waals surface area contributed by atoms with Gasteiger partial charge in [0.05, 0.1) is 30.6 Å². The highest BCUT2D eigenvalue weighted by atomic mass is 79.9. The predicted molar refractivity (Wildman–Crippen MR) is 136 cm³/mol. The first-order valence-corrected chi connectivity index (χ1v) is 12.8. The van der Waals surface area contributed by atoms with Gasteiger partial charge < -0.3 is 23.9 Å². The molecule has 0 radical (unpaired) electrons. The zero-order valence-corrected chi connectivity index (χ0v) is 21.5. The molecule has 1 aromatic carbocycles. The number of carbonyl (C=O) groups is 1. The molecule has 0 amide bonds. The van der Waals surface area contributed by atoms with Crippen molar-refractivity contribution in [3.05, 3.63) is 65.1 Å². The Bertz CT molecular complexity index is 1120. The second-order valence-corrected chi connectivity index (χ2v) is 9.33. The highest BCUT2D eigenvalue weighted by molar-refractivity contribution is 9.09. The van der Waals surface area contributed by atoms with Crippen molar-refractivity contribution in [2.24, 2.45) is 0 Å². The lowest BCUT2D eigenvalue weighted by Gasteiger charge is -2.40. The number of hydrogen-bond acceptors (Lipinski definition) is 6. The lowest BCUT2D eigenvalue weighted by Crippen LogP contribution is -2.41. The number of hydrogen-bond donors (Lipinski definition) is 1. The Labute approximate surface area is 208 Å². The van der Waals surface area contributed by atoms with Crippen LogP contribution in [0, 0.1) is 13.8 Å². The SMILES string of the molecule is COCCO[C@@H]1c2ccn3c(C)c(C)nc3c2N[C@H](c2ccccc2)[C@H]1OC(=O)CCCCBr. The summed E-state index contributed by atoms with van der Waals surface area (Å²) in [4.78, 5) is 17.7. The van der Waals surface area contributed by atoms with Gasteiger partial charge in [-0.3, -0.25) is 4.79 Å². The van der Waals surface area contributed by atoms with Gasteiger partial charge in [0.25, 0.3) is 0 Å². The van der Waals surface area contributed by atoms with E-state index in [4.69, 9.17) is 19.2 Å². The number of pyridine rings is 1. The molecule has 1 aliphatic heterocycles. The summed E-state index contributed by atoms with van der Waals surface area (Å²) in [5, 5.41) is 4.53. The smallest absolute Gasteiger partial charge is 0.306 e. The third-order valence-corrected chi connectivity index (χ3v) is 6.87. The summed E-state index contributed by atoms with van der Waals surface area (Å²) in [6.07, 6.45) is 3.09. The summed E-state index contributed by atoms with van der Waals surface area (Å²) in [6.45, 7) is 4.90. The number of benzene rings is 1. The lowest BCUT2D eigenvalue weighted by atomic mass is 9.88. The topological polar surface area (TPSA) is 74.1 Å². The van der Waals surface area contributed by atoms with Crippen molar-refractivity contribution in [3.63, 3.8) is 0 Å². The number of anilines is 1. The molecule has 7 nitrogen and oxygen atoms in total. The molecule has 0 aliphatic carbocycles. The number of carbonyl (C=O) groups excluding carboxylic acids is 1. The molecule has 0 unspecified atom stereocenters. The standard InChI is InChI=1S/C26H32BrN3O4/c1-17-18(2)30-14-12-20-23(26(30)28-17)29-22(19-9-5-4-6-10-19)25(24(20)33-16-15-32-3)34-21(31)11-7-8-13-27/h4-6,9-10,12,14,22,24-25,29H,7-8,11,13,15-16H2,1-3H3/t22-,24-,25-/m1/s1. The van der Waals surface area contributed by atoms with Crippen LogP contribution in [0.25, 0.3) is 5.65 Å². The summed E-state index contributed by atoms with van der Waals surface area (Å²) in [5.74, 6) is -0.217. The number of imidazole rings is 1. The Kier molecular flexibility index (Phi) is 8.24. The number of nitrogens with one attached hydrogen (secondary N) is 1. The molecular weight excluding hydrogens is 498 g/mol. The van der Waals surface area contributed by atoms with Gasteiger partial charge >= 0.3 is 5.97 Å². The fourth-order valence-corrected chi connectivity index (χ4v) is 4.80. The van der Waals surface area contributed by atoms with Crippen molar-refractivity contribution in [2.45, 2.75) is 51.4 Å². The van der Waals surface area contributed by atoms with E-state index >= 15 is 0 Å². The quantitative estimate of drug-likeness (QED) is 0.218. The van der Waals surface area contributed by atoms with Crippen LogP contribution in [0.2, 0.25) is 0 Å². The van der Waals surface area contributed by atoms with Crippen molar-refractivity contribution in [1.82, 2.24) is 9.38 Å². The van der Waals surface area contributed by atoms with Crippen molar-refractivity contribution in [1.29, 1.82) is 0 Å². The maximum atomic E-state index is 12.8. The van der Waals surface area contributed by atoms with Crippen molar-refractivity contribution >= 4 is 33.2 Å². The van der Waals surface area contributed by atoms with E-state index in [1.165, 1.54) is 0 Å². The van der Waals surface area contributed by atoms with E-state index in [9.17, 15) is 4.79 Å². The molecule has 0 spiro atoms. The Morgan fingerprint density at radius 2 is 1.94 bits per heavy atom. The molecule has 1 N–H and O–H groups in total. The number of esters is 1. The largest absolute Gasteiger partial charge is 0.457 e. The van der Waals surface area contributed by atoms with Crippen LogP contribution in [0.4, 0.5) is 5.69 Å². The molecule has 0 bridgehead atoms. The molecule has 0 saturated heterocycles. The Balaban J connectivity index is 1.78. The van der Waals surface area contributed by atoms with Crippen LogP contribution in [0.3, 0.4) is 0 Å². The third-order valence-electron chi connectivity index (χ3n) is 6.31. The first-order chi connectivity index (χ1) is 16.5. The van der Waals surface area contributed by atoms with Crippen LogP contribution in [-0.4, -0.2) is 47.1 Å². The molecule has 3 heterocycles. The number of aryl methyl sites for hydroxylation is 2. The van der Waals surface area contributed by atoms with Gasteiger partial charge in [-0.25, -0.2) is 4.98 Å². The van der Waals surface area contributed by atoms with Crippen LogP contribution in [-0.2, 0) is 19.0 Å². The highest BCUT2D eigenvalue weighted by Crippen LogP contribution is 2.44. The number of fused-ring (bicyclic) bond motifs is 3. The number of ether oxygens (including phenoxy) is 3. The molecule has 3 aromatic rings. The minimum Gasteiger partial charge on any atom is -0.457 e. The van der Waals surface area contributed by atoms with Gasteiger partial charge in [-0.1, -0.05) is 46.3 Å².